The van der Waals surface area contributed by atoms with Gasteiger partial charge in [-0.1, -0.05) is 60.7 Å². The quantitative estimate of drug-likeness (QED) is 0.816. The molecule has 0 unspecified atom stereocenters. The summed E-state index contributed by atoms with van der Waals surface area (Å²) < 4.78 is 0. The maximum Gasteiger partial charge on any atom is 0.242 e. The number of amides is 3. The number of piperazine rings is 1. The van der Waals surface area contributed by atoms with Crippen molar-refractivity contribution in [2.45, 2.75) is 19.3 Å². The number of nitrogens with one attached hydrogen (secondary N) is 1. The Balaban J connectivity index is 1.55. The van der Waals surface area contributed by atoms with Crippen molar-refractivity contribution in [2.75, 3.05) is 32.7 Å². The fourth-order valence-corrected chi connectivity index (χ4v) is 3.61. The number of rotatable bonds is 6. The molecule has 1 saturated heterocycles. The lowest BCUT2D eigenvalue weighted by Crippen LogP contribution is -2.52. The number of carbonyl (C=O) groups is 3. The van der Waals surface area contributed by atoms with Gasteiger partial charge in [0.1, 0.15) is 0 Å². The molecule has 0 aromatic heterocycles. The number of benzene rings is 2. The zero-order valence-corrected chi connectivity index (χ0v) is 16.7. The molecule has 3 rings (SSSR count). The molecule has 2 aromatic rings. The molecule has 152 valence electrons. The first kappa shape index (κ1) is 20.6. The van der Waals surface area contributed by atoms with E-state index >= 15 is 0 Å². The molecule has 3 amide bonds. The van der Waals surface area contributed by atoms with Gasteiger partial charge in [0.25, 0.3) is 0 Å². The third kappa shape index (κ3) is 5.67. The summed E-state index contributed by atoms with van der Waals surface area (Å²) in [5.41, 5.74) is 2.14. The molecule has 1 aliphatic heterocycles. The van der Waals surface area contributed by atoms with Crippen LogP contribution in [0.1, 0.15) is 30.4 Å². The highest BCUT2D eigenvalue weighted by Gasteiger charge is 2.23. The minimum atomic E-state index is -0.154. The molecule has 0 saturated carbocycles. The third-order valence-electron chi connectivity index (χ3n) is 5.31. The van der Waals surface area contributed by atoms with Crippen molar-refractivity contribution in [3.05, 3.63) is 71.8 Å². The van der Waals surface area contributed by atoms with Crippen LogP contribution in [0.5, 0.6) is 0 Å². The van der Waals surface area contributed by atoms with E-state index in [9.17, 15) is 14.4 Å². The molecule has 29 heavy (non-hydrogen) atoms. The smallest absolute Gasteiger partial charge is 0.242 e. The number of hydrogen-bond donors (Lipinski definition) is 1. The van der Waals surface area contributed by atoms with E-state index in [1.54, 1.807) is 9.80 Å². The molecule has 1 fully saturated rings. The van der Waals surface area contributed by atoms with Crippen LogP contribution in [-0.2, 0) is 14.4 Å². The van der Waals surface area contributed by atoms with E-state index in [0.29, 0.717) is 26.2 Å². The Hall–Kier alpha value is -3.15. The van der Waals surface area contributed by atoms with Gasteiger partial charge in [-0.15, -0.1) is 0 Å². The van der Waals surface area contributed by atoms with Crippen LogP contribution in [0, 0.1) is 0 Å². The number of carbonyl (C=O) groups excluding carboxylic acids is 3. The van der Waals surface area contributed by atoms with Crippen molar-refractivity contribution in [3.8, 4) is 0 Å². The predicted octanol–water partition coefficient (Wildman–Crippen LogP) is 2.02. The second-order valence-corrected chi connectivity index (χ2v) is 7.24. The highest BCUT2D eigenvalue weighted by molar-refractivity contribution is 5.85. The summed E-state index contributed by atoms with van der Waals surface area (Å²) in [7, 11) is 0. The van der Waals surface area contributed by atoms with Gasteiger partial charge in [0.15, 0.2) is 0 Å². The van der Waals surface area contributed by atoms with Crippen molar-refractivity contribution in [3.63, 3.8) is 0 Å². The fraction of sp³-hybridized carbons (Fsp3) is 0.348. The molecule has 0 bridgehead atoms. The largest absolute Gasteiger partial charge is 0.347 e. The van der Waals surface area contributed by atoms with Crippen LogP contribution in [0.4, 0.5) is 0 Å². The second-order valence-electron chi connectivity index (χ2n) is 7.24. The standard InChI is InChI=1S/C23H27N3O3/c1-18(27)25-12-14-26(15-13-25)23(29)17-24-22(28)16-21(19-8-4-2-5-9-19)20-10-6-3-7-11-20/h2-11,21H,12-17H2,1H3,(H,24,28). The predicted molar refractivity (Wildman–Crippen MR) is 111 cm³/mol. The normalized spacial score (nSPS) is 14.0. The Morgan fingerprint density at radius 3 is 1.79 bits per heavy atom. The van der Waals surface area contributed by atoms with E-state index in [2.05, 4.69) is 5.32 Å². The molecule has 0 atom stereocenters. The monoisotopic (exact) mass is 393 g/mol. The fourth-order valence-electron chi connectivity index (χ4n) is 3.61. The summed E-state index contributed by atoms with van der Waals surface area (Å²) in [5, 5.41) is 2.77. The zero-order chi connectivity index (χ0) is 20.6. The van der Waals surface area contributed by atoms with Gasteiger partial charge < -0.3 is 15.1 Å². The van der Waals surface area contributed by atoms with Gasteiger partial charge >= 0.3 is 0 Å². The van der Waals surface area contributed by atoms with Crippen molar-refractivity contribution in [2.24, 2.45) is 0 Å². The van der Waals surface area contributed by atoms with E-state index in [1.165, 1.54) is 6.92 Å². The first-order valence-corrected chi connectivity index (χ1v) is 9.94. The maximum atomic E-state index is 12.6. The molecular weight excluding hydrogens is 366 g/mol. The van der Waals surface area contributed by atoms with Crippen LogP contribution < -0.4 is 5.32 Å². The Kier molecular flexibility index (Phi) is 7.00. The van der Waals surface area contributed by atoms with Crippen LogP contribution in [-0.4, -0.2) is 60.2 Å². The molecule has 1 heterocycles. The van der Waals surface area contributed by atoms with Gasteiger partial charge in [-0.05, 0) is 11.1 Å². The van der Waals surface area contributed by atoms with Crippen molar-refractivity contribution >= 4 is 17.7 Å². The van der Waals surface area contributed by atoms with Gasteiger partial charge in [0.2, 0.25) is 17.7 Å². The van der Waals surface area contributed by atoms with Crippen molar-refractivity contribution < 1.29 is 14.4 Å². The number of hydrogen-bond acceptors (Lipinski definition) is 3. The highest BCUT2D eigenvalue weighted by Crippen LogP contribution is 2.27. The molecule has 6 heteroatoms. The summed E-state index contributed by atoms with van der Waals surface area (Å²) in [4.78, 5) is 39.8. The summed E-state index contributed by atoms with van der Waals surface area (Å²) >= 11 is 0. The molecule has 1 N–H and O–H groups in total. The van der Waals surface area contributed by atoms with Crippen LogP contribution >= 0.6 is 0 Å². The average Bonchev–Trinajstić information content (AvgIpc) is 2.77. The maximum absolute atomic E-state index is 12.6. The van der Waals surface area contributed by atoms with E-state index in [1.807, 2.05) is 60.7 Å². The first-order chi connectivity index (χ1) is 14.0. The minimum absolute atomic E-state index is 0.0186. The van der Waals surface area contributed by atoms with Crippen molar-refractivity contribution in [1.82, 2.24) is 15.1 Å². The Bertz CT molecular complexity index is 791. The zero-order valence-electron chi connectivity index (χ0n) is 16.7. The molecule has 0 aliphatic carbocycles. The molecule has 0 spiro atoms. The third-order valence-corrected chi connectivity index (χ3v) is 5.31. The minimum Gasteiger partial charge on any atom is -0.347 e. The van der Waals surface area contributed by atoms with Gasteiger partial charge in [0, 0.05) is 45.4 Å². The van der Waals surface area contributed by atoms with E-state index in [-0.39, 0.29) is 36.6 Å². The summed E-state index contributed by atoms with van der Waals surface area (Å²) in [6, 6.07) is 19.8. The molecule has 2 aromatic carbocycles. The van der Waals surface area contributed by atoms with Crippen molar-refractivity contribution in [1.29, 1.82) is 0 Å². The summed E-state index contributed by atoms with van der Waals surface area (Å²) in [6.45, 7) is 3.61. The SMILES string of the molecule is CC(=O)N1CCN(C(=O)CNC(=O)CC(c2ccccc2)c2ccccc2)CC1. The molecular formula is C23H27N3O3. The lowest BCUT2D eigenvalue weighted by Gasteiger charge is -2.34. The van der Waals surface area contributed by atoms with Gasteiger partial charge in [-0.3, -0.25) is 14.4 Å². The summed E-state index contributed by atoms with van der Waals surface area (Å²) in [6.07, 6.45) is 0.277. The lowest BCUT2D eigenvalue weighted by molar-refractivity contribution is -0.138. The molecule has 0 radical (unpaired) electrons. The van der Waals surface area contributed by atoms with Gasteiger partial charge in [0.05, 0.1) is 6.54 Å². The molecule has 1 aliphatic rings. The number of nitrogens with zero attached hydrogens (tertiary/aromatic N) is 2. The second kappa shape index (κ2) is 9.87. The van der Waals surface area contributed by atoms with Gasteiger partial charge in [-0.25, -0.2) is 0 Å². The Morgan fingerprint density at radius 1 is 0.828 bits per heavy atom. The van der Waals surface area contributed by atoms with Crippen LogP contribution in [0.25, 0.3) is 0 Å². The van der Waals surface area contributed by atoms with Crippen LogP contribution in [0.15, 0.2) is 60.7 Å². The Morgan fingerprint density at radius 2 is 1.31 bits per heavy atom. The summed E-state index contributed by atoms with van der Waals surface area (Å²) in [5.74, 6) is -0.305. The van der Waals surface area contributed by atoms with E-state index in [4.69, 9.17) is 0 Å². The van der Waals surface area contributed by atoms with E-state index < -0.39 is 0 Å². The topological polar surface area (TPSA) is 69.7 Å². The average molecular weight is 393 g/mol. The molecule has 6 nitrogen and oxygen atoms in total. The van der Waals surface area contributed by atoms with Crippen LogP contribution in [0.3, 0.4) is 0 Å². The lowest BCUT2D eigenvalue weighted by atomic mass is 9.88. The Labute approximate surface area is 171 Å². The highest BCUT2D eigenvalue weighted by atomic mass is 16.2. The first-order valence-electron chi connectivity index (χ1n) is 9.94. The van der Waals surface area contributed by atoms with Gasteiger partial charge in [-0.2, -0.15) is 0 Å². The van der Waals surface area contributed by atoms with E-state index in [0.717, 1.165) is 11.1 Å². The van der Waals surface area contributed by atoms with Crippen LogP contribution in [0.2, 0.25) is 0 Å².